The zero-order valence-corrected chi connectivity index (χ0v) is 12.5. The summed E-state index contributed by atoms with van der Waals surface area (Å²) in [5.74, 6) is -0.0275. The molecule has 108 valence electrons. The molecule has 0 unspecified atom stereocenters. The molecule has 1 aromatic carbocycles. The standard InChI is InChI=1S/C13H22N2O3S/c1-11(2)18-8-9-19(16,17)15(3)13-6-4-12(10-14)5-7-13/h4-7,11H,8-10,14H2,1-3H3. The SMILES string of the molecule is CC(C)OCCS(=O)(=O)N(C)c1ccc(CN)cc1. The highest BCUT2D eigenvalue weighted by atomic mass is 32.2. The lowest BCUT2D eigenvalue weighted by Crippen LogP contribution is -2.31. The zero-order valence-electron chi connectivity index (χ0n) is 11.7. The van der Waals surface area contributed by atoms with Crippen molar-refractivity contribution in [1.82, 2.24) is 0 Å². The van der Waals surface area contributed by atoms with E-state index in [9.17, 15) is 8.42 Å². The Morgan fingerprint density at radius 1 is 1.26 bits per heavy atom. The molecule has 6 heteroatoms. The second kappa shape index (κ2) is 6.88. The number of ether oxygens (including phenoxy) is 1. The minimum absolute atomic E-state index is 0.0275. The van der Waals surface area contributed by atoms with E-state index in [4.69, 9.17) is 10.5 Å². The van der Waals surface area contributed by atoms with Gasteiger partial charge in [0.15, 0.2) is 0 Å². The number of anilines is 1. The van der Waals surface area contributed by atoms with Crippen molar-refractivity contribution < 1.29 is 13.2 Å². The Kier molecular flexibility index (Phi) is 5.78. The van der Waals surface area contributed by atoms with Gasteiger partial charge in [0.1, 0.15) is 0 Å². The first-order chi connectivity index (χ1) is 8.86. The molecule has 0 spiro atoms. The third-order valence-corrected chi connectivity index (χ3v) is 4.47. The third-order valence-electron chi connectivity index (χ3n) is 2.75. The van der Waals surface area contributed by atoms with Crippen LogP contribution in [0.1, 0.15) is 19.4 Å². The van der Waals surface area contributed by atoms with Crippen LogP contribution in [0.15, 0.2) is 24.3 Å². The molecule has 0 bridgehead atoms. The zero-order chi connectivity index (χ0) is 14.5. The molecule has 0 radical (unpaired) electrons. The molecular formula is C13H22N2O3S. The van der Waals surface area contributed by atoms with E-state index < -0.39 is 10.0 Å². The molecule has 0 amide bonds. The molecule has 1 rings (SSSR count). The molecule has 0 aromatic heterocycles. The average molecular weight is 286 g/mol. The first kappa shape index (κ1) is 15.9. The van der Waals surface area contributed by atoms with Crippen molar-refractivity contribution in [2.75, 3.05) is 23.7 Å². The van der Waals surface area contributed by atoms with Crippen LogP contribution in [0.25, 0.3) is 0 Å². The number of hydrogen-bond acceptors (Lipinski definition) is 4. The number of sulfonamides is 1. The molecule has 0 saturated carbocycles. The van der Waals surface area contributed by atoms with Crippen LogP contribution in [0.5, 0.6) is 0 Å². The molecule has 0 aliphatic heterocycles. The van der Waals surface area contributed by atoms with Gasteiger partial charge in [-0.3, -0.25) is 4.31 Å². The van der Waals surface area contributed by atoms with Crippen LogP contribution in [0.2, 0.25) is 0 Å². The average Bonchev–Trinajstić information content (AvgIpc) is 2.37. The second-order valence-corrected chi connectivity index (χ2v) is 6.69. The van der Waals surface area contributed by atoms with Crippen LogP contribution in [-0.2, 0) is 21.3 Å². The molecule has 5 nitrogen and oxygen atoms in total. The minimum atomic E-state index is -3.35. The third kappa shape index (κ3) is 4.81. The maximum atomic E-state index is 12.1. The van der Waals surface area contributed by atoms with Crippen molar-refractivity contribution in [2.45, 2.75) is 26.5 Å². The Labute approximate surface area is 115 Å². The number of hydrogen-bond donors (Lipinski definition) is 1. The van der Waals surface area contributed by atoms with Crippen LogP contribution >= 0.6 is 0 Å². The molecule has 1 aromatic rings. The Hall–Kier alpha value is -1.11. The summed E-state index contributed by atoms with van der Waals surface area (Å²) in [6.45, 7) is 4.40. The van der Waals surface area contributed by atoms with Gasteiger partial charge in [-0.25, -0.2) is 8.42 Å². The Morgan fingerprint density at radius 2 is 1.84 bits per heavy atom. The van der Waals surface area contributed by atoms with E-state index in [1.165, 1.54) is 4.31 Å². The quantitative estimate of drug-likeness (QED) is 0.821. The van der Waals surface area contributed by atoms with Crippen LogP contribution in [0.3, 0.4) is 0 Å². The summed E-state index contributed by atoms with van der Waals surface area (Å²) < 4.78 is 30.7. The number of nitrogens with zero attached hydrogens (tertiary/aromatic N) is 1. The molecule has 0 aliphatic carbocycles. The monoisotopic (exact) mass is 286 g/mol. The van der Waals surface area contributed by atoms with Crippen molar-refractivity contribution >= 4 is 15.7 Å². The summed E-state index contributed by atoms with van der Waals surface area (Å²) in [6.07, 6.45) is 0.0318. The van der Waals surface area contributed by atoms with Gasteiger partial charge in [-0.05, 0) is 31.5 Å². The number of benzene rings is 1. The summed E-state index contributed by atoms with van der Waals surface area (Å²) in [6, 6.07) is 7.16. The maximum absolute atomic E-state index is 12.1. The fourth-order valence-corrected chi connectivity index (χ4v) is 2.55. The molecule has 2 N–H and O–H groups in total. The lowest BCUT2D eigenvalue weighted by Gasteiger charge is -2.20. The van der Waals surface area contributed by atoms with Gasteiger partial charge in [-0.1, -0.05) is 12.1 Å². The summed E-state index contributed by atoms with van der Waals surface area (Å²) >= 11 is 0. The molecule has 0 fully saturated rings. The molecule has 0 atom stereocenters. The van der Waals surface area contributed by atoms with Gasteiger partial charge < -0.3 is 10.5 Å². The van der Waals surface area contributed by atoms with Crippen molar-refractivity contribution in [2.24, 2.45) is 5.73 Å². The van der Waals surface area contributed by atoms with Crippen molar-refractivity contribution in [3.8, 4) is 0 Å². The van der Waals surface area contributed by atoms with E-state index in [2.05, 4.69) is 0 Å². The van der Waals surface area contributed by atoms with Crippen molar-refractivity contribution in [3.63, 3.8) is 0 Å². The van der Waals surface area contributed by atoms with Crippen molar-refractivity contribution in [3.05, 3.63) is 29.8 Å². The Morgan fingerprint density at radius 3 is 2.32 bits per heavy atom. The summed E-state index contributed by atoms with van der Waals surface area (Å²) in [7, 11) is -1.81. The van der Waals surface area contributed by atoms with E-state index in [0.29, 0.717) is 12.2 Å². The van der Waals surface area contributed by atoms with Crippen LogP contribution in [-0.4, -0.2) is 33.9 Å². The van der Waals surface area contributed by atoms with Crippen LogP contribution < -0.4 is 10.0 Å². The van der Waals surface area contributed by atoms with Gasteiger partial charge in [0.05, 0.1) is 24.2 Å². The van der Waals surface area contributed by atoms with E-state index in [1.807, 2.05) is 26.0 Å². The summed E-state index contributed by atoms with van der Waals surface area (Å²) in [4.78, 5) is 0. The predicted octanol–water partition coefficient (Wildman–Crippen LogP) is 1.34. The molecule has 19 heavy (non-hydrogen) atoms. The summed E-state index contributed by atoms with van der Waals surface area (Å²) in [5, 5.41) is 0. The Bertz CT molecular complexity index is 483. The van der Waals surface area contributed by atoms with Gasteiger partial charge >= 0.3 is 0 Å². The van der Waals surface area contributed by atoms with Crippen LogP contribution in [0, 0.1) is 0 Å². The van der Waals surface area contributed by atoms with E-state index in [1.54, 1.807) is 19.2 Å². The lowest BCUT2D eigenvalue weighted by atomic mass is 10.2. The largest absolute Gasteiger partial charge is 0.378 e. The lowest BCUT2D eigenvalue weighted by molar-refractivity contribution is 0.0912. The normalized spacial score (nSPS) is 11.8. The molecule has 0 saturated heterocycles. The number of nitrogens with two attached hydrogens (primary N) is 1. The Balaban J connectivity index is 2.71. The van der Waals surface area contributed by atoms with E-state index in [-0.39, 0.29) is 18.5 Å². The van der Waals surface area contributed by atoms with Gasteiger partial charge in [0.25, 0.3) is 0 Å². The fraction of sp³-hybridized carbons (Fsp3) is 0.538. The highest BCUT2D eigenvalue weighted by Crippen LogP contribution is 2.17. The van der Waals surface area contributed by atoms with E-state index >= 15 is 0 Å². The minimum Gasteiger partial charge on any atom is -0.378 e. The van der Waals surface area contributed by atoms with Crippen molar-refractivity contribution in [1.29, 1.82) is 0 Å². The smallest absolute Gasteiger partial charge is 0.237 e. The topological polar surface area (TPSA) is 72.6 Å². The second-order valence-electron chi connectivity index (χ2n) is 4.57. The van der Waals surface area contributed by atoms with E-state index in [0.717, 1.165) is 5.56 Å². The summed E-state index contributed by atoms with van der Waals surface area (Å²) in [5.41, 5.74) is 7.10. The predicted molar refractivity (Wildman–Crippen MR) is 77.6 cm³/mol. The maximum Gasteiger partial charge on any atom is 0.237 e. The van der Waals surface area contributed by atoms with Gasteiger partial charge in [-0.15, -0.1) is 0 Å². The van der Waals surface area contributed by atoms with Gasteiger partial charge in [0.2, 0.25) is 10.0 Å². The molecule has 0 aliphatic rings. The molecule has 0 heterocycles. The molecular weight excluding hydrogens is 264 g/mol. The fourth-order valence-electron chi connectivity index (χ4n) is 1.53. The van der Waals surface area contributed by atoms with Crippen LogP contribution in [0.4, 0.5) is 5.69 Å². The van der Waals surface area contributed by atoms with Gasteiger partial charge in [-0.2, -0.15) is 0 Å². The highest BCUT2D eigenvalue weighted by molar-refractivity contribution is 7.92. The number of rotatable bonds is 7. The highest BCUT2D eigenvalue weighted by Gasteiger charge is 2.18. The first-order valence-electron chi connectivity index (χ1n) is 6.24. The van der Waals surface area contributed by atoms with Gasteiger partial charge in [0, 0.05) is 13.6 Å². The first-order valence-corrected chi connectivity index (χ1v) is 7.85.